The second-order valence-electron chi connectivity index (χ2n) is 6.24. The van der Waals surface area contributed by atoms with Crippen LogP contribution >= 0.6 is 0 Å². The average molecular weight is 330 g/mol. The van der Waals surface area contributed by atoms with Crippen LogP contribution in [0.3, 0.4) is 0 Å². The summed E-state index contributed by atoms with van der Waals surface area (Å²) in [5.41, 5.74) is 2.21. The molecule has 1 aromatic heterocycles. The Kier molecular flexibility index (Phi) is 6.81. The monoisotopic (exact) mass is 330 g/mol. The Labute approximate surface area is 142 Å². The normalized spacial score (nSPS) is 12.2. The molecule has 2 aromatic rings. The molecule has 0 radical (unpaired) electrons. The minimum absolute atomic E-state index is 0.0254. The summed E-state index contributed by atoms with van der Waals surface area (Å²) < 4.78 is 2.00. The Bertz CT molecular complexity index is 626. The molecule has 6 heteroatoms. The zero-order chi connectivity index (χ0) is 17.4. The van der Waals surface area contributed by atoms with Gasteiger partial charge in [0.05, 0.1) is 6.33 Å². The first-order chi connectivity index (χ1) is 11.6. The molecule has 0 saturated carbocycles. The molecule has 0 spiro atoms. The number of urea groups is 1. The van der Waals surface area contributed by atoms with Crippen molar-refractivity contribution in [3.63, 3.8) is 0 Å². The maximum atomic E-state index is 12.0. The molecule has 6 nitrogen and oxygen atoms in total. The molecular formula is C18H26N4O2. The summed E-state index contributed by atoms with van der Waals surface area (Å²) in [6, 6.07) is 7.88. The molecule has 2 amide bonds. The lowest BCUT2D eigenvalue weighted by Gasteiger charge is -2.21. The summed E-state index contributed by atoms with van der Waals surface area (Å²) in [5.74, 6) is 0.279. The first-order valence-corrected chi connectivity index (χ1v) is 8.27. The lowest BCUT2D eigenvalue weighted by atomic mass is 10.0. The number of carbonyl (C=O) groups is 1. The van der Waals surface area contributed by atoms with Crippen molar-refractivity contribution < 1.29 is 9.90 Å². The standard InChI is InChI=1S/C18H26N4O2/c1-14(2)17(6-9-23)21-18(24)20-11-15-4-3-5-16(10-15)12-22-8-7-19-13-22/h3-5,7-8,10,13-14,17,23H,6,9,11-12H2,1-2H3,(H2,20,21,24). The highest BCUT2D eigenvalue weighted by Gasteiger charge is 2.15. The molecule has 0 saturated heterocycles. The van der Waals surface area contributed by atoms with Crippen LogP contribution in [0.5, 0.6) is 0 Å². The van der Waals surface area contributed by atoms with E-state index in [0.717, 1.165) is 17.7 Å². The Morgan fingerprint density at radius 2 is 2.12 bits per heavy atom. The van der Waals surface area contributed by atoms with E-state index in [0.29, 0.717) is 13.0 Å². The number of carbonyl (C=O) groups excluding carboxylic acids is 1. The second-order valence-corrected chi connectivity index (χ2v) is 6.24. The van der Waals surface area contributed by atoms with Gasteiger partial charge in [-0.2, -0.15) is 0 Å². The van der Waals surface area contributed by atoms with E-state index in [1.165, 1.54) is 0 Å². The summed E-state index contributed by atoms with van der Waals surface area (Å²) in [4.78, 5) is 16.1. The van der Waals surface area contributed by atoms with Gasteiger partial charge in [0.2, 0.25) is 0 Å². The van der Waals surface area contributed by atoms with E-state index >= 15 is 0 Å². The van der Waals surface area contributed by atoms with E-state index in [-0.39, 0.29) is 24.6 Å². The molecule has 130 valence electrons. The molecule has 1 atom stereocenters. The van der Waals surface area contributed by atoms with Gasteiger partial charge < -0.3 is 20.3 Å². The van der Waals surface area contributed by atoms with Gasteiger partial charge in [0.15, 0.2) is 0 Å². The van der Waals surface area contributed by atoms with Crippen molar-refractivity contribution in [1.82, 2.24) is 20.2 Å². The van der Waals surface area contributed by atoms with Crippen LogP contribution in [0.25, 0.3) is 0 Å². The van der Waals surface area contributed by atoms with E-state index in [4.69, 9.17) is 5.11 Å². The minimum atomic E-state index is -0.206. The third-order valence-corrected chi connectivity index (χ3v) is 3.93. The van der Waals surface area contributed by atoms with Crippen molar-refractivity contribution in [2.75, 3.05) is 6.61 Å². The molecule has 0 fully saturated rings. The molecule has 24 heavy (non-hydrogen) atoms. The predicted molar refractivity (Wildman–Crippen MR) is 93.5 cm³/mol. The summed E-state index contributed by atoms with van der Waals surface area (Å²) in [6.07, 6.45) is 6.02. The number of imidazole rings is 1. The lowest BCUT2D eigenvalue weighted by Crippen LogP contribution is -2.44. The fourth-order valence-electron chi connectivity index (χ4n) is 2.54. The van der Waals surface area contributed by atoms with Crippen LogP contribution in [-0.4, -0.2) is 33.3 Å². The van der Waals surface area contributed by atoms with Crippen LogP contribution in [0.4, 0.5) is 4.79 Å². The molecule has 0 aliphatic heterocycles. The smallest absolute Gasteiger partial charge is 0.315 e. The van der Waals surface area contributed by atoms with Crippen molar-refractivity contribution in [1.29, 1.82) is 0 Å². The maximum Gasteiger partial charge on any atom is 0.315 e. The highest BCUT2D eigenvalue weighted by atomic mass is 16.3. The zero-order valence-electron chi connectivity index (χ0n) is 14.3. The number of amides is 2. The first kappa shape index (κ1) is 18.0. The van der Waals surface area contributed by atoms with Crippen molar-refractivity contribution in [3.05, 3.63) is 54.1 Å². The molecule has 1 unspecified atom stereocenters. The van der Waals surface area contributed by atoms with E-state index in [2.05, 4.69) is 27.8 Å². The fraction of sp³-hybridized carbons (Fsp3) is 0.444. The largest absolute Gasteiger partial charge is 0.396 e. The van der Waals surface area contributed by atoms with Crippen LogP contribution in [0.2, 0.25) is 0 Å². The average Bonchev–Trinajstić information content (AvgIpc) is 3.06. The fourth-order valence-corrected chi connectivity index (χ4v) is 2.54. The van der Waals surface area contributed by atoms with E-state index < -0.39 is 0 Å². The SMILES string of the molecule is CC(C)C(CCO)NC(=O)NCc1cccc(Cn2ccnc2)c1. The highest BCUT2D eigenvalue weighted by molar-refractivity contribution is 5.74. The number of aromatic nitrogens is 2. The van der Waals surface area contributed by atoms with Crippen LogP contribution in [0.15, 0.2) is 43.0 Å². The number of nitrogens with one attached hydrogen (secondary N) is 2. The van der Waals surface area contributed by atoms with Gasteiger partial charge in [-0.05, 0) is 23.5 Å². The molecule has 0 aliphatic rings. The molecular weight excluding hydrogens is 304 g/mol. The van der Waals surface area contributed by atoms with Crippen LogP contribution in [0.1, 0.15) is 31.4 Å². The van der Waals surface area contributed by atoms with Gasteiger partial charge in [-0.25, -0.2) is 9.78 Å². The van der Waals surface area contributed by atoms with Gasteiger partial charge in [-0.3, -0.25) is 0 Å². The van der Waals surface area contributed by atoms with Crippen LogP contribution in [0, 0.1) is 5.92 Å². The maximum absolute atomic E-state index is 12.0. The molecule has 2 rings (SSSR count). The van der Waals surface area contributed by atoms with Crippen LogP contribution < -0.4 is 10.6 Å². The third-order valence-electron chi connectivity index (χ3n) is 3.93. The van der Waals surface area contributed by atoms with Crippen molar-refractivity contribution in [2.45, 2.75) is 39.4 Å². The number of nitrogens with zero attached hydrogens (tertiary/aromatic N) is 2. The van der Waals surface area contributed by atoms with E-state index in [1.54, 1.807) is 12.5 Å². The lowest BCUT2D eigenvalue weighted by molar-refractivity contribution is 0.218. The first-order valence-electron chi connectivity index (χ1n) is 8.27. The van der Waals surface area contributed by atoms with Gasteiger partial charge >= 0.3 is 6.03 Å². The molecule has 0 aliphatic carbocycles. The zero-order valence-corrected chi connectivity index (χ0v) is 14.3. The summed E-state index contributed by atoms with van der Waals surface area (Å²) >= 11 is 0. The third kappa shape index (κ3) is 5.70. The molecule has 1 heterocycles. The second kappa shape index (κ2) is 9.08. The number of benzene rings is 1. The summed E-state index contributed by atoms with van der Waals surface area (Å²) in [5, 5.41) is 14.9. The number of hydrogen-bond acceptors (Lipinski definition) is 3. The summed E-state index contributed by atoms with van der Waals surface area (Å²) in [7, 11) is 0. The van der Waals surface area contributed by atoms with Crippen LogP contribution in [-0.2, 0) is 13.1 Å². The van der Waals surface area contributed by atoms with E-state index in [9.17, 15) is 4.79 Å². The van der Waals surface area contributed by atoms with Gasteiger partial charge in [0, 0.05) is 38.1 Å². The summed E-state index contributed by atoms with van der Waals surface area (Å²) in [6.45, 7) is 5.35. The Hall–Kier alpha value is -2.34. The van der Waals surface area contributed by atoms with Gasteiger partial charge in [-0.15, -0.1) is 0 Å². The van der Waals surface area contributed by atoms with E-state index in [1.807, 2.05) is 36.7 Å². The van der Waals surface area contributed by atoms with Crippen molar-refractivity contribution in [3.8, 4) is 0 Å². The number of aliphatic hydroxyl groups is 1. The highest BCUT2D eigenvalue weighted by Crippen LogP contribution is 2.08. The number of hydrogen-bond donors (Lipinski definition) is 3. The topological polar surface area (TPSA) is 79.2 Å². The Balaban J connectivity index is 1.86. The van der Waals surface area contributed by atoms with Gasteiger partial charge in [0.1, 0.15) is 0 Å². The number of rotatable bonds is 8. The van der Waals surface area contributed by atoms with Crippen molar-refractivity contribution in [2.24, 2.45) is 5.92 Å². The molecule has 1 aromatic carbocycles. The van der Waals surface area contributed by atoms with Crippen molar-refractivity contribution >= 4 is 6.03 Å². The quantitative estimate of drug-likeness (QED) is 0.694. The Morgan fingerprint density at radius 1 is 1.33 bits per heavy atom. The van der Waals surface area contributed by atoms with Gasteiger partial charge in [-0.1, -0.05) is 38.1 Å². The molecule has 0 bridgehead atoms. The minimum Gasteiger partial charge on any atom is -0.396 e. The Morgan fingerprint density at radius 3 is 2.79 bits per heavy atom. The predicted octanol–water partition coefficient (Wildman–Crippen LogP) is 2.14. The number of aliphatic hydroxyl groups excluding tert-OH is 1. The van der Waals surface area contributed by atoms with Gasteiger partial charge in [0.25, 0.3) is 0 Å². The molecule has 3 N–H and O–H groups in total.